The average molecular weight is 446 g/mol. The lowest BCUT2D eigenvalue weighted by atomic mass is 10.1. The first kappa shape index (κ1) is 21.6. The first-order valence-electron chi connectivity index (χ1n) is 10.2. The minimum Gasteiger partial charge on any atom is -0.377 e. The van der Waals surface area contributed by atoms with Crippen LogP contribution >= 0.6 is 0 Å². The molecule has 0 spiro atoms. The molecular weight excluding hydrogens is 418 g/mol. The van der Waals surface area contributed by atoms with Crippen LogP contribution in [0.3, 0.4) is 0 Å². The van der Waals surface area contributed by atoms with Crippen LogP contribution < -0.4 is 15.4 Å². The number of hydrogen-bond acceptors (Lipinski definition) is 8. The van der Waals surface area contributed by atoms with Crippen LogP contribution in [0.5, 0.6) is 0 Å². The molecule has 4 N–H and O–H groups in total. The number of sulfonamides is 1. The lowest BCUT2D eigenvalue weighted by molar-refractivity contribution is 0.0925. The van der Waals surface area contributed by atoms with Crippen molar-refractivity contribution in [2.45, 2.75) is 31.7 Å². The fraction of sp³-hybridized carbons (Fsp3) is 0.450. The van der Waals surface area contributed by atoms with Gasteiger partial charge in [0.25, 0.3) is 0 Å². The summed E-state index contributed by atoms with van der Waals surface area (Å²) in [4.78, 5) is 19.4. The number of hydrogen-bond donors (Lipinski definition) is 3. The fourth-order valence-electron chi connectivity index (χ4n) is 3.79. The van der Waals surface area contributed by atoms with Gasteiger partial charge in [0.1, 0.15) is 17.3 Å². The Morgan fingerprint density at radius 3 is 2.87 bits per heavy atom. The quantitative estimate of drug-likeness (QED) is 0.492. The van der Waals surface area contributed by atoms with Gasteiger partial charge >= 0.3 is 0 Å². The van der Waals surface area contributed by atoms with Gasteiger partial charge in [0, 0.05) is 24.8 Å². The molecule has 1 aliphatic rings. The monoisotopic (exact) mass is 445 g/mol. The highest BCUT2D eigenvalue weighted by atomic mass is 32.2. The van der Waals surface area contributed by atoms with Crippen molar-refractivity contribution in [2.24, 2.45) is 5.14 Å². The van der Waals surface area contributed by atoms with E-state index in [2.05, 4.69) is 27.1 Å². The van der Waals surface area contributed by atoms with Crippen LogP contribution in [-0.4, -0.2) is 61.2 Å². The molecule has 10 nitrogen and oxygen atoms in total. The van der Waals surface area contributed by atoms with Crippen molar-refractivity contribution in [2.75, 3.05) is 31.7 Å². The Labute approximate surface area is 181 Å². The summed E-state index contributed by atoms with van der Waals surface area (Å²) >= 11 is 0. The number of aromatic nitrogens is 4. The van der Waals surface area contributed by atoms with Crippen molar-refractivity contribution in [1.29, 1.82) is 0 Å². The van der Waals surface area contributed by atoms with Crippen molar-refractivity contribution < 1.29 is 13.2 Å². The zero-order chi connectivity index (χ0) is 22.0. The smallest absolute Gasteiger partial charge is 0.214 e. The van der Waals surface area contributed by atoms with E-state index in [-0.39, 0.29) is 11.8 Å². The molecule has 0 radical (unpaired) electrons. The van der Waals surface area contributed by atoms with E-state index in [0.717, 1.165) is 23.1 Å². The maximum atomic E-state index is 11.8. The molecule has 3 aromatic rings. The van der Waals surface area contributed by atoms with Gasteiger partial charge in [-0.1, -0.05) is 6.92 Å². The molecule has 0 amide bonds. The molecule has 1 aliphatic heterocycles. The first-order chi connectivity index (χ1) is 14.9. The number of rotatable bonds is 7. The Morgan fingerprint density at radius 1 is 1.29 bits per heavy atom. The van der Waals surface area contributed by atoms with Gasteiger partial charge < -0.3 is 19.9 Å². The van der Waals surface area contributed by atoms with Crippen LogP contribution in [0, 0.1) is 0 Å². The van der Waals surface area contributed by atoms with Crippen molar-refractivity contribution in [1.82, 2.24) is 25.3 Å². The normalized spacial score (nSPS) is 17.4. The van der Waals surface area contributed by atoms with Crippen LogP contribution in [0.4, 0.5) is 5.82 Å². The van der Waals surface area contributed by atoms with Gasteiger partial charge in [0.15, 0.2) is 5.82 Å². The maximum absolute atomic E-state index is 11.8. The highest BCUT2D eigenvalue weighted by Crippen LogP contribution is 2.25. The summed E-state index contributed by atoms with van der Waals surface area (Å²) in [5.74, 6) is 0.663. The Balaban J connectivity index is 1.78. The second-order valence-corrected chi connectivity index (χ2v) is 9.25. The van der Waals surface area contributed by atoms with Crippen LogP contribution in [0.25, 0.3) is 22.6 Å². The summed E-state index contributed by atoms with van der Waals surface area (Å²) in [5, 5.41) is 8.40. The molecule has 0 unspecified atom stereocenters. The molecule has 4 heterocycles. The van der Waals surface area contributed by atoms with E-state index in [1.165, 1.54) is 0 Å². The third kappa shape index (κ3) is 5.01. The minimum absolute atomic E-state index is 0.156. The lowest BCUT2D eigenvalue weighted by Gasteiger charge is -2.36. The molecule has 31 heavy (non-hydrogen) atoms. The number of H-pyrrole nitrogens is 1. The number of aromatic amines is 1. The highest BCUT2D eigenvalue weighted by Gasteiger charge is 2.25. The number of nitrogens with two attached hydrogens (primary N) is 1. The predicted molar refractivity (Wildman–Crippen MR) is 119 cm³/mol. The van der Waals surface area contributed by atoms with Crippen LogP contribution in [0.2, 0.25) is 0 Å². The van der Waals surface area contributed by atoms with E-state index in [1.54, 1.807) is 6.07 Å². The Morgan fingerprint density at radius 2 is 2.13 bits per heavy atom. The van der Waals surface area contributed by atoms with Crippen molar-refractivity contribution in [3.05, 3.63) is 35.7 Å². The molecule has 3 aromatic heterocycles. The first-order valence-corrected chi connectivity index (χ1v) is 11.9. The molecule has 4 rings (SSSR count). The third-order valence-corrected chi connectivity index (χ3v) is 5.93. The van der Waals surface area contributed by atoms with Gasteiger partial charge in [-0.15, -0.1) is 0 Å². The van der Waals surface area contributed by atoms with E-state index in [1.807, 2.05) is 25.2 Å². The van der Waals surface area contributed by atoms with E-state index < -0.39 is 10.0 Å². The molecular formula is C20H27N7O3S. The largest absolute Gasteiger partial charge is 0.377 e. The third-order valence-electron chi connectivity index (χ3n) is 5.24. The SMILES string of the molecule is CC[C@H]1COCCN1c1cc(CS(N)(=O)=O)nc(-c2ccc3[nH]c(CNC)cc3n2)n1. The molecule has 0 bridgehead atoms. The van der Waals surface area contributed by atoms with E-state index in [0.29, 0.717) is 49.3 Å². The summed E-state index contributed by atoms with van der Waals surface area (Å²) in [5.41, 5.74) is 3.64. The van der Waals surface area contributed by atoms with Gasteiger partial charge in [0.05, 0.1) is 36.0 Å². The second-order valence-electron chi connectivity index (χ2n) is 7.63. The number of nitrogens with one attached hydrogen (secondary N) is 2. The Kier molecular flexibility index (Phi) is 6.19. The zero-order valence-corrected chi connectivity index (χ0v) is 18.4. The summed E-state index contributed by atoms with van der Waals surface area (Å²) in [6, 6.07) is 7.58. The average Bonchev–Trinajstić information content (AvgIpc) is 3.14. The van der Waals surface area contributed by atoms with Crippen molar-refractivity contribution in [3.63, 3.8) is 0 Å². The summed E-state index contributed by atoms with van der Waals surface area (Å²) in [6.07, 6.45) is 0.881. The van der Waals surface area contributed by atoms with E-state index in [4.69, 9.17) is 19.8 Å². The molecule has 1 atom stereocenters. The number of fused-ring (bicyclic) bond motifs is 1. The fourth-order valence-corrected chi connectivity index (χ4v) is 4.35. The lowest BCUT2D eigenvalue weighted by Crippen LogP contribution is -2.45. The number of nitrogens with zero attached hydrogens (tertiary/aromatic N) is 4. The molecule has 166 valence electrons. The van der Waals surface area contributed by atoms with Gasteiger partial charge in [-0.25, -0.2) is 28.5 Å². The molecule has 1 saturated heterocycles. The van der Waals surface area contributed by atoms with Crippen molar-refractivity contribution >= 4 is 26.9 Å². The van der Waals surface area contributed by atoms with E-state index in [9.17, 15) is 8.42 Å². The summed E-state index contributed by atoms with van der Waals surface area (Å²) in [7, 11) is -1.87. The van der Waals surface area contributed by atoms with E-state index >= 15 is 0 Å². The topological polar surface area (TPSA) is 139 Å². The molecule has 0 aliphatic carbocycles. The van der Waals surface area contributed by atoms with Gasteiger partial charge in [-0.2, -0.15) is 0 Å². The number of pyridine rings is 1. The van der Waals surface area contributed by atoms with Gasteiger partial charge in [0.2, 0.25) is 10.0 Å². The molecule has 0 saturated carbocycles. The molecule has 0 aromatic carbocycles. The summed E-state index contributed by atoms with van der Waals surface area (Å²) in [6.45, 7) is 4.64. The number of ether oxygens (including phenoxy) is 1. The second kappa shape index (κ2) is 8.87. The van der Waals surface area contributed by atoms with Crippen molar-refractivity contribution in [3.8, 4) is 11.5 Å². The maximum Gasteiger partial charge on any atom is 0.214 e. The van der Waals surface area contributed by atoms with Crippen LogP contribution in [-0.2, 0) is 27.1 Å². The zero-order valence-electron chi connectivity index (χ0n) is 17.6. The Bertz CT molecular complexity index is 1180. The number of primary sulfonamides is 1. The molecule has 11 heteroatoms. The predicted octanol–water partition coefficient (Wildman–Crippen LogP) is 1.14. The minimum atomic E-state index is -3.75. The number of anilines is 1. The van der Waals surface area contributed by atoms with Crippen LogP contribution in [0.15, 0.2) is 24.3 Å². The van der Waals surface area contributed by atoms with Gasteiger partial charge in [-0.05, 0) is 31.7 Å². The van der Waals surface area contributed by atoms with Gasteiger partial charge in [-0.3, -0.25) is 0 Å². The summed E-state index contributed by atoms with van der Waals surface area (Å²) < 4.78 is 29.1. The highest BCUT2D eigenvalue weighted by molar-refractivity contribution is 7.88. The standard InChI is InChI=1S/C20H27N7O3S/c1-3-15-11-30-7-6-27(15)19-9-14(12-31(21,28)29)24-20(26-19)17-5-4-16-18(25-17)8-13(23-16)10-22-2/h4-5,8-9,15,22-23H,3,6-7,10-12H2,1-2H3,(H2,21,28,29)/t15-/m0/s1. The van der Waals surface area contributed by atoms with Crippen LogP contribution in [0.1, 0.15) is 24.7 Å². The Hall–Kier alpha value is -2.60. The number of morpholine rings is 1. The molecule has 1 fully saturated rings.